The highest BCUT2D eigenvalue weighted by Gasteiger charge is 2.54. The molecule has 1 atom stereocenters. The molecule has 2 aromatic rings. The largest absolute Gasteiger partial charge is 0.449 e. The van der Waals surface area contributed by atoms with Crippen LogP contribution in [0.1, 0.15) is 51.4 Å². The highest BCUT2D eigenvalue weighted by atomic mass is 35.5. The molecule has 30 heavy (non-hydrogen) atoms. The van der Waals surface area contributed by atoms with Crippen molar-refractivity contribution in [3.05, 3.63) is 39.4 Å². The Morgan fingerprint density at radius 1 is 1.37 bits per heavy atom. The van der Waals surface area contributed by atoms with Crippen molar-refractivity contribution in [1.82, 2.24) is 14.6 Å². The number of ether oxygens (including phenoxy) is 1. The minimum atomic E-state index is -0.437. The quantitative estimate of drug-likeness (QED) is 0.728. The SMILES string of the molecule is CCCCOC(=O)N1CCN(n2c(C(C)N)nc3cccc(Cl)c3c2=O)CC12CC2. The molecule has 162 valence electrons. The highest BCUT2D eigenvalue weighted by Crippen LogP contribution is 2.44. The molecule has 2 heterocycles. The molecular weight excluding hydrogens is 406 g/mol. The smallest absolute Gasteiger partial charge is 0.410 e. The van der Waals surface area contributed by atoms with Crippen LogP contribution in [0.4, 0.5) is 4.79 Å². The third-order valence-electron chi connectivity index (χ3n) is 5.94. The van der Waals surface area contributed by atoms with Crippen LogP contribution in [-0.4, -0.2) is 52.4 Å². The molecule has 1 saturated heterocycles. The molecule has 1 amide bonds. The predicted octanol–water partition coefficient (Wildman–Crippen LogP) is 2.79. The number of carbonyl (C=O) groups is 1. The van der Waals surface area contributed by atoms with Gasteiger partial charge in [-0.1, -0.05) is 31.0 Å². The van der Waals surface area contributed by atoms with Crippen molar-refractivity contribution in [2.24, 2.45) is 5.73 Å². The Balaban J connectivity index is 1.67. The van der Waals surface area contributed by atoms with Gasteiger partial charge in [0.2, 0.25) is 0 Å². The third-order valence-corrected chi connectivity index (χ3v) is 6.26. The van der Waals surface area contributed by atoms with Crippen LogP contribution in [0.2, 0.25) is 5.02 Å². The number of hydrogen-bond acceptors (Lipinski definition) is 6. The Hall–Kier alpha value is -2.32. The summed E-state index contributed by atoms with van der Waals surface area (Å²) < 4.78 is 7.02. The monoisotopic (exact) mass is 433 g/mol. The maximum atomic E-state index is 13.4. The maximum Gasteiger partial charge on any atom is 0.410 e. The third kappa shape index (κ3) is 3.63. The van der Waals surface area contributed by atoms with Crippen molar-refractivity contribution < 1.29 is 9.53 Å². The van der Waals surface area contributed by atoms with E-state index in [-0.39, 0.29) is 17.2 Å². The number of aromatic nitrogens is 2. The molecule has 0 radical (unpaired) electrons. The predicted molar refractivity (Wildman–Crippen MR) is 116 cm³/mol. The van der Waals surface area contributed by atoms with Gasteiger partial charge in [0, 0.05) is 6.54 Å². The first-order valence-corrected chi connectivity index (χ1v) is 10.9. The lowest BCUT2D eigenvalue weighted by molar-refractivity contribution is 0.0705. The lowest BCUT2D eigenvalue weighted by atomic mass is 10.1. The zero-order valence-electron chi connectivity index (χ0n) is 17.4. The van der Waals surface area contributed by atoms with Crippen molar-refractivity contribution >= 4 is 28.6 Å². The molecule has 4 rings (SSSR count). The van der Waals surface area contributed by atoms with Gasteiger partial charge in [0.25, 0.3) is 5.56 Å². The van der Waals surface area contributed by atoms with E-state index >= 15 is 0 Å². The van der Waals surface area contributed by atoms with Gasteiger partial charge < -0.3 is 15.5 Å². The minimum absolute atomic E-state index is 0.229. The molecule has 1 aliphatic heterocycles. The number of benzene rings is 1. The first kappa shape index (κ1) is 20.9. The molecule has 2 N–H and O–H groups in total. The average molecular weight is 434 g/mol. The summed E-state index contributed by atoms with van der Waals surface area (Å²) in [6.45, 7) is 5.81. The molecule has 1 aromatic carbocycles. The van der Waals surface area contributed by atoms with Crippen LogP contribution in [0.5, 0.6) is 0 Å². The molecule has 1 unspecified atom stereocenters. The van der Waals surface area contributed by atoms with Gasteiger partial charge in [-0.2, -0.15) is 0 Å². The van der Waals surface area contributed by atoms with Crippen molar-refractivity contribution in [3.8, 4) is 0 Å². The summed E-state index contributed by atoms with van der Waals surface area (Å²) in [6.07, 6.45) is 3.34. The fraction of sp³-hybridized carbons (Fsp3) is 0.571. The second-order valence-electron chi connectivity index (χ2n) is 8.24. The molecule has 1 aromatic heterocycles. The van der Waals surface area contributed by atoms with E-state index in [1.54, 1.807) is 22.9 Å². The molecule has 1 saturated carbocycles. The molecular formula is C21H28ClN5O3. The summed E-state index contributed by atoms with van der Waals surface area (Å²) >= 11 is 6.33. The van der Waals surface area contributed by atoms with Crippen molar-refractivity contribution in [2.45, 2.75) is 51.1 Å². The van der Waals surface area contributed by atoms with E-state index in [0.29, 0.717) is 48.0 Å². The van der Waals surface area contributed by atoms with Gasteiger partial charge >= 0.3 is 6.09 Å². The summed E-state index contributed by atoms with van der Waals surface area (Å²) in [7, 11) is 0. The second kappa shape index (κ2) is 8.07. The van der Waals surface area contributed by atoms with Gasteiger partial charge in [0.15, 0.2) is 0 Å². The van der Waals surface area contributed by atoms with Crippen molar-refractivity contribution in [1.29, 1.82) is 0 Å². The van der Waals surface area contributed by atoms with E-state index in [1.807, 2.05) is 16.8 Å². The number of nitrogens with zero attached hydrogens (tertiary/aromatic N) is 4. The average Bonchev–Trinajstić information content (AvgIpc) is 3.46. The molecule has 0 bridgehead atoms. The van der Waals surface area contributed by atoms with Gasteiger partial charge in [0.1, 0.15) is 5.82 Å². The maximum absolute atomic E-state index is 13.4. The number of piperazine rings is 1. The summed E-state index contributed by atoms with van der Waals surface area (Å²) in [5.41, 5.74) is 6.19. The Bertz CT molecular complexity index is 1020. The molecule has 1 aliphatic carbocycles. The van der Waals surface area contributed by atoms with E-state index in [4.69, 9.17) is 22.1 Å². The summed E-state index contributed by atoms with van der Waals surface area (Å²) in [4.78, 5) is 32.5. The standard InChI is InChI=1S/C21H28ClN5O3/c1-3-4-12-30-20(29)26-11-10-25(13-21(26)8-9-21)27-18(14(2)23)24-16-7-5-6-15(22)17(16)19(27)28/h5-7,14H,3-4,8-13,23H2,1-2H3. The van der Waals surface area contributed by atoms with Gasteiger partial charge in [-0.3, -0.25) is 9.69 Å². The molecule has 1 spiro atoms. The fourth-order valence-corrected chi connectivity index (χ4v) is 4.38. The fourth-order valence-electron chi connectivity index (χ4n) is 4.13. The number of carbonyl (C=O) groups excluding carboxylic acids is 1. The Labute approximate surface area is 180 Å². The van der Waals surface area contributed by atoms with E-state index in [1.165, 1.54) is 0 Å². The number of fused-ring (bicyclic) bond motifs is 1. The van der Waals surface area contributed by atoms with Gasteiger partial charge in [-0.25, -0.2) is 14.5 Å². The van der Waals surface area contributed by atoms with Gasteiger partial charge in [-0.05, 0) is 38.3 Å². The molecule has 8 nitrogen and oxygen atoms in total. The topological polar surface area (TPSA) is 93.7 Å². The van der Waals surface area contributed by atoms with Crippen LogP contribution in [0.25, 0.3) is 10.9 Å². The van der Waals surface area contributed by atoms with E-state index in [0.717, 1.165) is 25.7 Å². The number of amides is 1. The van der Waals surface area contributed by atoms with Crippen LogP contribution in [0, 0.1) is 0 Å². The number of rotatable bonds is 5. The molecule has 2 aliphatic rings. The zero-order chi connectivity index (χ0) is 21.5. The van der Waals surface area contributed by atoms with E-state index < -0.39 is 6.04 Å². The molecule has 2 fully saturated rings. The minimum Gasteiger partial charge on any atom is -0.449 e. The van der Waals surface area contributed by atoms with Gasteiger partial charge in [0.05, 0.1) is 47.2 Å². The number of unbranched alkanes of at least 4 members (excludes halogenated alkanes) is 1. The number of hydrogen-bond donors (Lipinski definition) is 1. The van der Waals surface area contributed by atoms with E-state index in [2.05, 4.69) is 11.9 Å². The number of nitrogens with two attached hydrogens (primary N) is 1. The van der Waals surface area contributed by atoms with Crippen LogP contribution in [0.3, 0.4) is 0 Å². The Morgan fingerprint density at radius 2 is 2.13 bits per heavy atom. The zero-order valence-corrected chi connectivity index (χ0v) is 18.2. The van der Waals surface area contributed by atoms with Crippen LogP contribution in [0.15, 0.2) is 23.0 Å². The second-order valence-corrected chi connectivity index (χ2v) is 8.65. The Kier molecular flexibility index (Phi) is 5.63. The first-order valence-electron chi connectivity index (χ1n) is 10.5. The summed E-state index contributed by atoms with van der Waals surface area (Å²) in [6, 6.07) is 4.79. The van der Waals surface area contributed by atoms with Crippen LogP contribution >= 0.6 is 11.6 Å². The summed E-state index contributed by atoms with van der Waals surface area (Å²) in [5, 5.41) is 2.71. The van der Waals surface area contributed by atoms with Crippen molar-refractivity contribution in [3.63, 3.8) is 0 Å². The number of halogens is 1. The van der Waals surface area contributed by atoms with E-state index in [9.17, 15) is 9.59 Å². The Morgan fingerprint density at radius 3 is 2.80 bits per heavy atom. The normalized spacial score (nSPS) is 18.7. The lowest BCUT2D eigenvalue weighted by Crippen LogP contribution is -2.62. The summed E-state index contributed by atoms with van der Waals surface area (Å²) in [5.74, 6) is 0.490. The van der Waals surface area contributed by atoms with Crippen molar-refractivity contribution in [2.75, 3.05) is 31.3 Å². The van der Waals surface area contributed by atoms with Crippen LogP contribution in [-0.2, 0) is 4.74 Å². The first-order chi connectivity index (χ1) is 14.4. The van der Waals surface area contributed by atoms with Crippen LogP contribution < -0.4 is 16.3 Å². The highest BCUT2D eigenvalue weighted by molar-refractivity contribution is 6.35. The molecule has 9 heteroatoms. The lowest BCUT2D eigenvalue weighted by Gasteiger charge is -2.43. The van der Waals surface area contributed by atoms with Gasteiger partial charge in [-0.15, -0.1) is 0 Å².